The minimum atomic E-state index is -4.29. The second-order valence-corrected chi connectivity index (χ2v) is 12.4. The van der Waals surface area contributed by atoms with E-state index in [9.17, 15) is 22.4 Å². The number of nitrogens with one attached hydrogen (secondary N) is 1. The van der Waals surface area contributed by atoms with Crippen molar-refractivity contribution in [2.45, 2.75) is 62.6 Å². The van der Waals surface area contributed by atoms with Crippen molar-refractivity contribution >= 4 is 27.5 Å². The smallest absolute Gasteiger partial charge is 0.264 e. The zero-order valence-corrected chi connectivity index (χ0v) is 25.5. The van der Waals surface area contributed by atoms with E-state index in [1.807, 2.05) is 0 Å². The number of hydrogen-bond donors (Lipinski definition) is 1. The average molecular weight is 612 g/mol. The predicted molar refractivity (Wildman–Crippen MR) is 162 cm³/mol. The van der Waals surface area contributed by atoms with E-state index in [0.29, 0.717) is 11.3 Å². The lowest BCUT2D eigenvalue weighted by atomic mass is 9.95. The summed E-state index contributed by atoms with van der Waals surface area (Å²) in [5.74, 6) is -0.650. The molecule has 1 aliphatic carbocycles. The van der Waals surface area contributed by atoms with E-state index >= 15 is 0 Å². The van der Waals surface area contributed by atoms with Gasteiger partial charge in [0, 0.05) is 12.6 Å². The van der Waals surface area contributed by atoms with Gasteiger partial charge in [-0.1, -0.05) is 43.5 Å². The van der Waals surface area contributed by atoms with E-state index in [4.69, 9.17) is 9.47 Å². The van der Waals surface area contributed by atoms with E-state index in [2.05, 4.69) is 5.32 Å². The molecule has 11 heteroatoms. The molecule has 1 N–H and O–H groups in total. The van der Waals surface area contributed by atoms with Crippen LogP contribution in [0, 0.1) is 5.82 Å². The normalized spacial score (nSPS) is 14.4. The highest BCUT2D eigenvalue weighted by atomic mass is 32.2. The summed E-state index contributed by atoms with van der Waals surface area (Å²) in [4.78, 5) is 28.8. The number of amides is 2. The first-order valence-electron chi connectivity index (χ1n) is 14.3. The van der Waals surface area contributed by atoms with Crippen molar-refractivity contribution in [1.82, 2.24) is 10.2 Å². The number of rotatable bonds is 12. The highest BCUT2D eigenvalue weighted by Crippen LogP contribution is 2.33. The van der Waals surface area contributed by atoms with Crippen LogP contribution >= 0.6 is 0 Å². The Morgan fingerprint density at radius 1 is 0.930 bits per heavy atom. The largest absolute Gasteiger partial charge is 0.497 e. The maximum atomic E-state index is 14.1. The van der Waals surface area contributed by atoms with Crippen LogP contribution in [0.25, 0.3) is 0 Å². The molecule has 0 bridgehead atoms. The summed E-state index contributed by atoms with van der Waals surface area (Å²) in [5, 5.41) is 3.06. The van der Waals surface area contributed by atoms with Gasteiger partial charge >= 0.3 is 0 Å². The first-order chi connectivity index (χ1) is 20.6. The Bertz CT molecular complexity index is 1490. The topological polar surface area (TPSA) is 105 Å². The van der Waals surface area contributed by atoms with Crippen molar-refractivity contribution in [2.24, 2.45) is 0 Å². The molecule has 1 unspecified atom stereocenters. The van der Waals surface area contributed by atoms with Crippen LogP contribution in [0.4, 0.5) is 10.1 Å². The van der Waals surface area contributed by atoms with Gasteiger partial charge in [0.2, 0.25) is 11.8 Å². The molecule has 3 aromatic carbocycles. The molecular weight excluding hydrogens is 573 g/mol. The van der Waals surface area contributed by atoms with Crippen molar-refractivity contribution in [3.05, 3.63) is 84.2 Å². The lowest BCUT2D eigenvalue weighted by Gasteiger charge is -2.33. The number of benzene rings is 3. The van der Waals surface area contributed by atoms with Gasteiger partial charge in [-0.15, -0.1) is 0 Å². The average Bonchev–Trinajstić information content (AvgIpc) is 3.03. The standard InChI is InChI=1S/C32H38FN3O6S/c1-23(32(38)34-26-9-5-4-6-10-26)35(21-24-13-15-25(33)16-14-24)31(37)22-36(29-11-7-8-12-30(29)42-3)43(39,40)28-19-17-27(41-2)18-20-28/h7-8,11-20,23,26H,4-6,9-10,21-22H2,1-3H3,(H,34,38). The fourth-order valence-corrected chi connectivity index (χ4v) is 6.59. The first kappa shape index (κ1) is 31.8. The maximum Gasteiger partial charge on any atom is 0.264 e. The van der Waals surface area contributed by atoms with Crippen LogP contribution in [0.5, 0.6) is 11.5 Å². The van der Waals surface area contributed by atoms with Gasteiger partial charge in [0.05, 0.1) is 24.8 Å². The van der Waals surface area contributed by atoms with Crippen LogP contribution in [0.1, 0.15) is 44.6 Å². The molecule has 0 radical (unpaired) electrons. The number of ether oxygens (including phenoxy) is 2. The van der Waals surface area contributed by atoms with Crippen LogP contribution in [-0.4, -0.2) is 58.0 Å². The summed E-state index contributed by atoms with van der Waals surface area (Å²) in [6, 6.07) is 17.1. The molecule has 0 aromatic heterocycles. The fourth-order valence-electron chi connectivity index (χ4n) is 5.16. The first-order valence-corrected chi connectivity index (χ1v) is 15.7. The molecule has 1 saturated carbocycles. The molecule has 43 heavy (non-hydrogen) atoms. The van der Waals surface area contributed by atoms with Crippen LogP contribution in [0.15, 0.2) is 77.7 Å². The number of sulfonamides is 1. The Kier molecular flexibility index (Phi) is 10.6. The van der Waals surface area contributed by atoms with Gasteiger partial charge in [-0.05, 0) is 73.9 Å². The highest BCUT2D eigenvalue weighted by Gasteiger charge is 2.34. The molecule has 0 saturated heterocycles. The number of carbonyl (C=O) groups excluding carboxylic acids is 2. The van der Waals surface area contributed by atoms with Crippen LogP contribution in [0.3, 0.4) is 0 Å². The number of hydrogen-bond acceptors (Lipinski definition) is 6. The molecule has 3 aromatic rings. The van der Waals surface area contributed by atoms with Crippen molar-refractivity contribution in [3.8, 4) is 11.5 Å². The second kappa shape index (κ2) is 14.4. The molecule has 0 heterocycles. The molecule has 4 rings (SSSR count). The quantitative estimate of drug-likeness (QED) is 0.312. The molecular formula is C32H38FN3O6S. The molecule has 0 aliphatic heterocycles. The lowest BCUT2D eigenvalue weighted by Crippen LogP contribution is -2.53. The number of carbonyl (C=O) groups is 2. The molecule has 0 spiro atoms. The SMILES string of the molecule is COc1ccc(S(=O)(=O)N(CC(=O)N(Cc2ccc(F)cc2)C(C)C(=O)NC2CCCCC2)c2ccccc2OC)cc1. The Morgan fingerprint density at radius 2 is 1.58 bits per heavy atom. The van der Waals surface area contributed by atoms with Gasteiger partial charge < -0.3 is 19.7 Å². The zero-order valence-electron chi connectivity index (χ0n) is 24.7. The molecule has 1 atom stereocenters. The van der Waals surface area contributed by atoms with E-state index in [-0.39, 0.29) is 34.8 Å². The molecule has 230 valence electrons. The van der Waals surface area contributed by atoms with Gasteiger partial charge in [-0.3, -0.25) is 13.9 Å². The second-order valence-electron chi connectivity index (χ2n) is 10.5. The summed E-state index contributed by atoms with van der Waals surface area (Å²) in [7, 11) is -1.40. The monoisotopic (exact) mass is 611 g/mol. The molecule has 9 nitrogen and oxygen atoms in total. The van der Waals surface area contributed by atoms with E-state index in [1.54, 1.807) is 31.2 Å². The van der Waals surface area contributed by atoms with Crippen molar-refractivity contribution in [3.63, 3.8) is 0 Å². The Morgan fingerprint density at radius 3 is 2.21 bits per heavy atom. The van der Waals surface area contributed by atoms with E-state index in [1.165, 1.54) is 67.7 Å². The third-order valence-electron chi connectivity index (χ3n) is 7.67. The summed E-state index contributed by atoms with van der Waals surface area (Å²) in [5.41, 5.74) is 0.754. The number of nitrogens with zero attached hydrogens (tertiary/aromatic N) is 2. The van der Waals surface area contributed by atoms with Crippen LogP contribution < -0.4 is 19.1 Å². The number of para-hydroxylation sites is 2. The Labute approximate surface area is 252 Å². The van der Waals surface area contributed by atoms with E-state index in [0.717, 1.165) is 36.4 Å². The van der Waals surface area contributed by atoms with Gasteiger partial charge in [-0.25, -0.2) is 12.8 Å². The van der Waals surface area contributed by atoms with Crippen LogP contribution in [0.2, 0.25) is 0 Å². The predicted octanol–water partition coefficient (Wildman–Crippen LogP) is 4.90. The summed E-state index contributed by atoms with van der Waals surface area (Å²) in [6.07, 6.45) is 4.90. The summed E-state index contributed by atoms with van der Waals surface area (Å²) < 4.78 is 53.4. The number of methoxy groups -OCH3 is 2. The molecule has 1 fully saturated rings. The Hall–Kier alpha value is -4.12. The maximum absolute atomic E-state index is 14.1. The van der Waals surface area contributed by atoms with Gasteiger partial charge in [0.25, 0.3) is 10.0 Å². The Balaban J connectivity index is 1.70. The van der Waals surface area contributed by atoms with Crippen molar-refractivity contribution < 1.29 is 31.9 Å². The fraction of sp³-hybridized carbons (Fsp3) is 0.375. The minimum absolute atomic E-state index is 0.0204. The lowest BCUT2D eigenvalue weighted by molar-refractivity contribution is -0.139. The summed E-state index contributed by atoms with van der Waals surface area (Å²) >= 11 is 0. The summed E-state index contributed by atoms with van der Waals surface area (Å²) in [6.45, 7) is 0.975. The van der Waals surface area contributed by atoms with Crippen LogP contribution in [-0.2, 0) is 26.2 Å². The zero-order chi connectivity index (χ0) is 31.0. The van der Waals surface area contributed by atoms with Gasteiger partial charge in [0.1, 0.15) is 29.9 Å². The van der Waals surface area contributed by atoms with Gasteiger partial charge in [-0.2, -0.15) is 0 Å². The number of anilines is 1. The van der Waals surface area contributed by atoms with Crippen molar-refractivity contribution in [1.29, 1.82) is 0 Å². The third-order valence-corrected chi connectivity index (χ3v) is 9.44. The number of halogens is 1. The van der Waals surface area contributed by atoms with E-state index < -0.39 is 34.3 Å². The minimum Gasteiger partial charge on any atom is -0.497 e. The molecule has 2 amide bonds. The highest BCUT2D eigenvalue weighted by molar-refractivity contribution is 7.92. The molecule has 1 aliphatic rings. The van der Waals surface area contributed by atoms with Crippen molar-refractivity contribution in [2.75, 3.05) is 25.1 Å². The van der Waals surface area contributed by atoms with Gasteiger partial charge in [0.15, 0.2) is 0 Å². The third kappa shape index (κ3) is 7.84.